The van der Waals surface area contributed by atoms with Crippen LogP contribution in [0.2, 0.25) is 5.02 Å². The number of rotatable bonds is 7. The van der Waals surface area contributed by atoms with Crippen LogP contribution in [0.5, 0.6) is 0 Å². The fourth-order valence-electron chi connectivity index (χ4n) is 4.26. The Labute approximate surface area is 194 Å². The monoisotopic (exact) mass is 477 g/mol. The molecule has 4 rings (SSSR count). The molecule has 2 saturated heterocycles. The summed E-state index contributed by atoms with van der Waals surface area (Å²) in [4.78, 5) is 15.4. The van der Waals surface area contributed by atoms with Gasteiger partial charge >= 0.3 is 0 Å². The van der Waals surface area contributed by atoms with Crippen molar-refractivity contribution in [3.63, 3.8) is 0 Å². The molecule has 2 aromatic carbocycles. The first-order valence-corrected chi connectivity index (χ1v) is 12.7. The molecular weight excluding hydrogens is 450 g/mol. The van der Waals surface area contributed by atoms with Gasteiger partial charge in [0.05, 0.1) is 24.2 Å². The maximum absolute atomic E-state index is 12.9. The lowest BCUT2D eigenvalue weighted by Crippen LogP contribution is -2.40. The zero-order chi connectivity index (χ0) is 22.6. The van der Waals surface area contributed by atoms with Gasteiger partial charge in [0, 0.05) is 30.2 Å². The second-order valence-electron chi connectivity index (χ2n) is 8.03. The summed E-state index contributed by atoms with van der Waals surface area (Å²) in [5, 5.41) is 3.67. The van der Waals surface area contributed by atoms with E-state index >= 15 is 0 Å². The van der Waals surface area contributed by atoms with Gasteiger partial charge in [0.1, 0.15) is 0 Å². The Bertz CT molecular complexity index is 1050. The predicted octanol–water partition coefficient (Wildman–Crippen LogP) is 2.93. The zero-order valence-corrected chi connectivity index (χ0v) is 19.4. The van der Waals surface area contributed by atoms with E-state index in [4.69, 9.17) is 16.3 Å². The second kappa shape index (κ2) is 10.3. The van der Waals surface area contributed by atoms with Gasteiger partial charge in [-0.05, 0) is 55.8 Å². The third-order valence-corrected chi connectivity index (χ3v) is 8.24. The van der Waals surface area contributed by atoms with Crippen LogP contribution in [0, 0.1) is 0 Å². The molecule has 1 amide bonds. The number of nitrogens with one attached hydrogen (secondary N) is 1. The van der Waals surface area contributed by atoms with Crippen molar-refractivity contribution in [2.75, 3.05) is 45.9 Å². The molecule has 0 aromatic heterocycles. The average Bonchev–Trinajstić information content (AvgIpc) is 3.35. The van der Waals surface area contributed by atoms with E-state index in [0.29, 0.717) is 43.4 Å². The summed E-state index contributed by atoms with van der Waals surface area (Å²) in [6, 6.07) is 13.9. The number of nitrogens with zero attached hydrogens (tertiary/aromatic N) is 2. The molecule has 2 heterocycles. The summed E-state index contributed by atoms with van der Waals surface area (Å²) in [7, 11) is -3.66. The molecule has 2 fully saturated rings. The molecule has 9 heteroatoms. The van der Waals surface area contributed by atoms with Crippen LogP contribution < -0.4 is 5.32 Å². The van der Waals surface area contributed by atoms with E-state index in [1.165, 1.54) is 16.4 Å². The van der Waals surface area contributed by atoms with E-state index < -0.39 is 10.0 Å². The highest BCUT2D eigenvalue weighted by Gasteiger charge is 2.28. The van der Waals surface area contributed by atoms with Crippen LogP contribution in [-0.4, -0.2) is 69.5 Å². The highest BCUT2D eigenvalue weighted by molar-refractivity contribution is 7.89. The standard InChI is InChI=1S/C23H28ClN3O4S/c24-21-9-2-1-8-20(21)22(26-10-3-4-11-26)17-25-23(28)18-6-5-7-19(16-18)32(29,30)27-12-14-31-15-13-27/h1-2,5-9,16,22H,3-4,10-15,17H2,(H,25,28). The Hall–Kier alpha value is -1.97. The van der Waals surface area contributed by atoms with Crippen LogP contribution in [0.3, 0.4) is 0 Å². The Morgan fingerprint density at radius 2 is 1.75 bits per heavy atom. The van der Waals surface area contributed by atoms with Crippen molar-refractivity contribution in [3.8, 4) is 0 Å². The normalized spacial score (nSPS) is 19.0. The third kappa shape index (κ3) is 5.15. The lowest BCUT2D eigenvalue weighted by Gasteiger charge is -2.29. The summed E-state index contributed by atoms with van der Waals surface area (Å²) in [5.41, 5.74) is 1.30. The van der Waals surface area contributed by atoms with Crippen molar-refractivity contribution in [1.82, 2.24) is 14.5 Å². The summed E-state index contributed by atoms with van der Waals surface area (Å²) < 4.78 is 32.5. The van der Waals surface area contributed by atoms with Gasteiger partial charge in [-0.2, -0.15) is 4.31 Å². The van der Waals surface area contributed by atoms with Crippen LogP contribution in [0.4, 0.5) is 0 Å². The van der Waals surface area contributed by atoms with Gasteiger partial charge in [0.25, 0.3) is 5.91 Å². The Kier molecular flexibility index (Phi) is 7.48. The van der Waals surface area contributed by atoms with E-state index in [-0.39, 0.29) is 16.8 Å². The fourth-order valence-corrected chi connectivity index (χ4v) is 5.98. The van der Waals surface area contributed by atoms with Crippen molar-refractivity contribution in [3.05, 3.63) is 64.7 Å². The molecule has 1 N–H and O–H groups in total. The van der Waals surface area contributed by atoms with Gasteiger partial charge in [-0.15, -0.1) is 0 Å². The van der Waals surface area contributed by atoms with E-state index in [2.05, 4.69) is 10.2 Å². The molecule has 2 aromatic rings. The zero-order valence-electron chi connectivity index (χ0n) is 17.9. The molecule has 7 nitrogen and oxygen atoms in total. The lowest BCUT2D eigenvalue weighted by molar-refractivity contribution is 0.0730. The summed E-state index contributed by atoms with van der Waals surface area (Å²) >= 11 is 6.45. The number of carbonyl (C=O) groups excluding carboxylic acids is 1. The van der Waals surface area contributed by atoms with Gasteiger partial charge in [-0.3, -0.25) is 9.69 Å². The van der Waals surface area contributed by atoms with Crippen molar-refractivity contribution >= 4 is 27.5 Å². The van der Waals surface area contributed by atoms with Crippen LogP contribution >= 0.6 is 11.6 Å². The molecule has 1 atom stereocenters. The van der Waals surface area contributed by atoms with E-state index in [1.807, 2.05) is 24.3 Å². The van der Waals surface area contributed by atoms with Crippen LogP contribution in [0.15, 0.2) is 53.4 Å². The summed E-state index contributed by atoms with van der Waals surface area (Å²) in [6.07, 6.45) is 2.24. The smallest absolute Gasteiger partial charge is 0.251 e. The molecule has 172 valence electrons. The van der Waals surface area contributed by atoms with E-state index in [0.717, 1.165) is 31.5 Å². The third-order valence-electron chi connectivity index (χ3n) is 6.01. The van der Waals surface area contributed by atoms with Crippen molar-refractivity contribution in [2.45, 2.75) is 23.8 Å². The van der Waals surface area contributed by atoms with Crippen LogP contribution in [-0.2, 0) is 14.8 Å². The SMILES string of the molecule is O=C(NCC(c1ccccc1Cl)N1CCCC1)c1cccc(S(=O)(=O)N2CCOCC2)c1. The van der Waals surface area contributed by atoms with Crippen LogP contribution in [0.1, 0.15) is 34.8 Å². The molecular formula is C23H28ClN3O4S. The second-order valence-corrected chi connectivity index (χ2v) is 10.4. The number of halogens is 1. The van der Waals surface area contributed by atoms with Crippen molar-refractivity contribution in [1.29, 1.82) is 0 Å². The minimum absolute atomic E-state index is 0.0320. The summed E-state index contributed by atoms with van der Waals surface area (Å²) in [5.74, 6) is -0.305. The minimum atomic E-state index is -3.66. The van der Waals surface area contributed by atoms with Gasteiger partial charge in [0.15, 0.2) is 0 Å². The molecule has 2 aliphatic heterocycles. The number of sulfonamides is 1. The van der Waals surface area contributed by atoms with E-state index in [9.17, 15) is 13.2 Å². The van der Waals surface area contributed by atoms with Crippen molar-refractivity contribution in [2.24, 2.45) is 0 Å². The minimum Gasteiger partial charge on any atom is -0.379 e. The van der Waals surface area contributed by atoms with Gasteiger partial charge in [-0.25, -0.2) is 8.42 Å². The highest BCUT2D eigenvalue weighted by atomic mass is 35.5. The molecule has 0 spiro atoms. The van der Waals surface area contributed by atoms with Crippen molar-refractivity contribution < 1.29 is 17.9 Å². The number of morpholine rings is 1. The Morgan fingerprint density at radius 3 is 2.47 bits per heavy atom. The lowest BCUT2D eigenvalue weighted by atomic mass is 10.0. The highest BCUT2D eigenvalue weighted by Crippen LogP contribution is 2.30. The predicted molar refractivity (Wildman–Crippen MR) is 123 cm³/mol. The fraction of sp³-hybridized carbons (Fsp3) is 0.435. The molecule has 0 saturated carbocycles. The van der Waals surface area contributed by atoms with Gasteiger partial charge in [0.2, 0.25) is 10.0 Å². The van der Waals surface area contributed by atoms with Crippen LogP contribution in [0.25, 0.3) is 0 Å². The molecule has 2 aliphatic rings. The molecule has 0 bridgehead atoms. The number of likely N-dealkylation sites (tertiary alicyclic amines) is 1. The maximum Gasteiger partial charge on any atom is 0.251 e. The average molecular weight is 478 g/mol. The molecule has 0 aliphatic carbocycles. The van der Waals surface area contributed by atoms with Gasteiger partial charge < -0.3 is 10.1 Å². The number of amides is 1. The first-order valence-electron chi connectivity index (χ1n) is 10.9. The first kappa shape index (κ1) is 23.2. The maximum atomic E-state index is 12.9. The van der Waals surface area contributed by atoms with E-state index in [1.54, 1.807) is 12.1 Å². The molecule has 0 radical (unpaired) electrons. The Morgan fingerprint density at radius 1 is 1.03 bits per heavy atom. The number of hydrogen-bond donors (Lipinski definition) is 1. The van der Waals surface area contributed by atoms with Gasteiger partial charge in [-0.1, -0.05) is 35.9 Å². The number of benzene rings is 2. The Balaban J connectivity index is 1.49. The number of carbonyl (C=O) groups is 1. The summed E-state index contributed by atoms with van der Waals surface area (Å²) in [6.45, 7) is 3.68. The number of hydrogen-bond acceptors (Lipinski definition) is 5. The number of ether oxygens (including phenoxy) is 1. The molecule has 1 unspecified atom stereocenters. The quantitative estimate of drug-likeness (QED) is 0.663. The topological polar surface area (TPSA) is 79.0 Å². The largest absolute Gasteiger partial charge is 0.379 e. The first-order chi connectivity index (χ1) is 15.5. The molecule has 32 heavy (non-hydrogen) atoms.